The molecule has 110 valence electrons. The second-order valence-electron chi connectivity index (χ2n) is 4.32. The van der Waals surface area contributed by atoms with Crippen LogP contribution in [0.1, 0.15) is 12.5 Å². The van der Waals surface area contributed by atoms with E-state index in [0.717, 1.165) is 12.1 Å². The standard InChI is InChI=1S/C14H17N5OS/c1-3-9-19-14(16-17-18-19)21-10-13(20)15-12-7-5-11(4-2)6-8-12/h3,5-8H,1,4,9-10H2,2H3,(H,15,20). The molecule has 0 aliphatic rings. The summed E-state index contributed by atoms with van der Waals surface area (Å²) in [6.07, 6.45) is 2.69. The molecule has 7 heteroatoms. The van der Waals surface area contributed by atoms with E-state index in [4.69, 9.17) is 0 Å². The number of hydrogen-bond donors (Lipinski definition) is 1. The summed E-state index contributed by atoms with van der Waals surface area (Å²) in [5.41, 5.74) is 2.04. The average Bonchev–Trinajstić information content (AvgIpc) is 2.94. The molecule has 0 unspecified atom stereocenters. The van der Waals surface area contributed by atoms with E-state index >= 15 is 0 Å². The van der Waals surface area contributed by atoms with E-state index in [0.29, 0.717) is 11.7 Å². The van der Waals surface area contributed by atoms with Gasteiger partial charge >= 0.3 is 0 Å². The Kier molecular flexibility index (Phi) is 5.51. The monoisotopic (exact) mass is 303 g/mol. The number of benzene rings is 1. The van der Waals surface area contributed by atoms with Crippen molar-refractivity contribution in [1.82, 2.24) is 20.2 Å². The number of aromatic nitrogens is 4. The smallest absolute Gasteiger partial charge is 0.234 e. The van der Waals surface area contributed by atoms with Crippen LogP contribution in [0.5, 0.6) is 0 Å². The molecule has 1 heterocycles. The molecule has 0 aliphatic carbocycles. The Hall–Kier alpha value is -2.15. The molecule has 1 aromatic carbocycles. The Balaban J connectivity index is 1.86. The summed E-state index contributed by atoms with van der Waals surface area (Å²) >= 11 is 1.30. The van der Waals surface area contributed by atoms with E-state index in [1.165, 1.54) is 17.3 Å². The maximum absolute atomic E-state index is 11.9. The number of hydrogen-bond acceptors (Lipinski definition) is 5. The molecule has 0 bridgehead atoms. The molecule has 6 nitrogen and oxygen atoms in total. The molecule has 0 radical (unpaired) electrons. The summed E-state index contributed by atoms with van der Waals surface area (Å²) in [5, 5.41) is 14.7. The van der Waals surface area contributed by atoms with Gasteiger partial charge in [-0.1, -0.05) is 36.9 Å². The number of carbonyl (C=O) groups is 1. The summed E-state index contributed by atoms with van der Waals surface area (Å²) in [5.74, 6) is 0.171. The minimum Gasteiger partial charge on any atom is -0.325 e. The van der Waals surface area contributed by atoms with Crippen molar-refractivity contribution < 1.29 is 4.79 Å². The first-order valence-corrected chi connectivity index (χ1v) is 7.60. The zero-order chi connectivity index (χ0) is 15.1. The predicted octanol–water partition coefficient (Wildman–Crippen LogP) is 2.15. The van der Waals surface area contributed by atoms with Crippen molar-refractivity contribution in [2.75, 3.05) is 11.1 Å². The number of tetrazole rings is 1. The van der Waals surface area contributed by atoms with Gasteiger partial charge in [0.1, 0.15) is 0 Å². The van der Waals surface area contributed by atoms with Crippen molar-refractivity contribution in [2.45, 2.75) is 25.0 Å². The molecule has 1 aromatic heterocycles. The van der Waals surface area contributed by atoms with Crippen molar-refractivity contribution in [3.63, 3.8) is 0 Å². The Labute approximate surface area is 127 Å². The van der Waals surface area contributed by atoms with E-state index in [1.807, 2.05) is 24.3 Å². The van der Waals surface area contributed by atoms with Gasteiger partial charge in [-0.25, -0.2) is 4.68 Å². The van der Waals surface area contributed by atoms with Crippen LogP contribution in [0, 0.1) is 0 Å². The summed E-state index contributed by atoms with van der Waals surface area (Å²) in [7, 11) is 0. The normalized spacial score (nSPS) is 10.3. The van der Waals surface area contributed by atoms with E-state index in [-0.39, 0.29) is 11.7 Å². The molecule has 21 heavy (non-hydrogen) atoms. The lowest BCUT2D eigenvalue weighted by molar-refractivity contribution is -0.113. The number of carbonyl (C=O) groups excluding carboxylic acids is 1. The van der Waals surface area contributed by atoms with Gasteiger partial charge in [-0.3, -0.25) is 4.79 Å². The molecule has 0 spiro atoms. The van der Waals surface area contributed by atoms with Gasteiger partial charge in [0.25, 0.3) is 0 Å². The third kappa shape index (κ3) is 4.42. The Morgan fingerprint density at radius 2 is 2.19 bits per heavy atom. The second-order valence-corrected chi connectivity index (χ2v) is 5.26. The van der Waals surface area contributed by atoms with Crippen LogP contribution in [0.15, 0.2) is 42.1 Å². The molecular formula is C14H17N5OS. The number of aryl methyl sites for hydroxylation is 1. The highest BCUT2D eigenvalue weighted by molar-refractivity contribution is 7.99. The number of amides is 1. The maximum atomic E-state index is 11.9. The molecule has 0 fully saturated rings. The molecule has 0 saturated heterocycles. The molecular weight excluding hydrogens is 286 g/mol. The number of nitrogens with zero attached hydrogens (tertiary/aromatic N) is 4. The van der Waals surface area contributed by atoms with Crippen molar-refractivity contribution in [3.8, 4) is 0 Å². The Bertz CT molecular complexity index is 608. The summed E-state index contributed by atoms with van der Waals surface area (Å²) in [6, 6.07) is 7.83. The van der Waals surface area contributed by atoms with Gasteiger partial charge in [-0.15, -0.1) is 11.7 Å². The first kappa shape index (κ1) is 15.2. The number of nitrogens with one attached hydrogen (secondary N) is 1. The van der Waals surface area contributed by atoms with E-state index in [2.05, 4.69) is 34.3 Å². The second kappa shape index (κ2) is 7.58. The maximum Gasteiger partial charge on any atom is 0.234 e. The summed E-state index contributed by atoms with van der Waals surface area (Å²) in [4.78, 5) is 11.9. The lowest BCUT2D eigenvalue weighted by Crippen LogP contribution is -2.14. The van der Waals surface area contributed by atoms with Crippen LogP contribution < -0.4 is 5.32 Å². The Morgan fingerprint density at radius 1 is 1.43 bits per heavy atom. The third-order valence-electron chi connectivity index (χ3n) is 2.78. The lowest BCUT2D eigenvalue weighted by Gasteiger charge is -2.05. The average molecular weight is 303 g/mol. The Morgan fingerprint density at radius 3 is 2.86 bits per heavy atom. The molecule has 2 aromatic rings. The first-order valence-electron chi connectivity index (χ1n) is 6.61. The topological polar surface area (TPSA) is 72.7 Å². The van der Waals surface area contributed by atoms with Crippen LogP contribution in [-0.4, -0.2) is 31.9 Å². The molecule has 0 saturated carbocycles. The van der Waals surface area contributed by atoms with Crippen LogP contribution in [-0.2, 0) is 17.8 Å². The van der Waals surface area contributed by atoms with Crippen LogP contribution >= 0.6 is 11.8 Å². The van der Waals surface area contributed by atoms with Crippen LogP contribution in [0.25, 0.3) is 0 Å². The fourth-order valence-corrected chi connectivity index (χ4v) is 2.37. The number of anilines is 1. The largest absolute Gasteiger partial charge is 0.325 e. The highest BCUT2D eigenvalue weighted by atomic mass is 32.2. The van der Waals surface area contributed by atoms with E-state index in [1.54, 1.807) is 10.8 Å². The zero-order valence-corrected chi connectivity index (χ0v) is 12.6. The fraction of sp³-hybridized carbons (Fsp3) is 0.286. The van der Waals surface area contributed by atoms with Gasteiger partial charge in [0.2, 0.25) is 11.1 Å². The number of thioether (sulfide) groups is 1. The lowest BCUT2D eigenvalue weighted by atomic mass is 10.1. The molecule has 0 aliphatic heterocycles. The van der Waals surface area contributed by atoms with Gasteiger partial charge < -0.3 is 5.32 Å². The van der Waals surface area contributed by atoms with E-state index in [9.17, 15) is 4.79 Å². The molecule has 1 N–H and O–H groups in total. The molecule has 2 rings (SSSR count). The highest BCUT2D eigenvalue weighted by Crippen LogP contribution is 2.15. The van der Waals surface area contributed by atoms with Gasteiger partial charge in [0.15, 0.2) is 0 Å². The molecule has 1 amide bonds. The molecule has 0 atom stereocenters. The SMILES string of the molecule is C=CCn1nnnc1SCC(=O)Nc1ccc(CC)cc1. The third-order valence-corrected chi connectivity index (χ3v) is 3.74. The zero-order valence-electron chi connectivity index (χ0n) is 11.8. The van der Waals surface area contributed by atoms with Gasteiger partial charge in [0.05, 0.1) is 12.3 Å². The van der Waals surface area contributed by atoms with Crippen molar-refractivity contribution in [3.05, 3.63) is 42.5 Å². The van der Waals surface area contributed by atoms with Gasteiger partial charge in [-0.2, -0.15) is 0 Å². The van der Waals surface area contributed by atoms with Gasteiger partial charge in [-0.05, 0) is 34.5 Å². The summed E-state index contributed by atoms with van der Waals surface area (Å²) in [6.45, 7) is 6.26. The summed E-state index contributed by atoms with van der Waals surface area (Å²) < 4.78 is 1.60. The first-order chi connectivity index (χ1) is 10.2. The minimum atomic E-state index is -0.0857. The van der Waals surface area contributed by atoms with Crippen LogP contribution in [0.2, 0.25) is 0 Å². The van der Waals surface area contributed by atoms with Crippen molar-refractivity contribution in [2.24, 2.45) is 0 Å². The van der Waals surface area contributed by atoms with Crippen molar-refractivity contribution >= 4 is 23.4 Å². The minimum absolute atomic E-state index is 0.0857. The number of allylic oxidation sites excluding steroid dienone is 1. The quantitative estimate of drug-likeness (QED) is 0.627. The van der Waals surface area contributed by atoms with Crippen molar-refractivity contribution in [1.29, 1.82) is 0 Å². The van der Waals surface area contributed by atoms with Crippen LogP contribution in [0.4, 0.5) is 5.69 Å². The van der Waals surface area contributed by atoms with Crippen LogP contribution in [0.3, 0.4) is 0 Å². The fourth-order valence-electron chi connectivity index (χ4n) is 1.69. The van der Waals surface area contributed by atoms with E-state index < -0.39 is 0 Å². The predicted molar refractivity (Wildman–Crippen MR) is 83.2 cm³/mol. The number of rotatable bonds is 7. The highest BCUT2D eigenvalue weighted by Gasteiger charge is 2.09. The van der Waals surface area contributed by atoms with Gasteiger partial charge in [0, 0.05) is 5.69 Å².